The average Bonchev–Trinajstić information content (AvgIpc) is 2.78. The Morgan fingerprint density at radius 2 is 2.00 bits per heavy atom. The minimum atomic E-state index is -3.82. The third kappa shape index (κ3) is 3.68. The number of thiophene rings is 1. The van der Waals surface area contributed by atoms with E-state index in [1.54, 1.807) is 6.07 Å². The van der Waals surface area contributed by atoms with Crippen molar-refractivity contribution in [3.8, 4) is 0 Å². The van der Waals surface area contributed by atoms with E-state index < -0.39 is 16.0 Å². The standard InChI is InChI=1S/C12H9Cl2NO4S2/c1-19-12(16)7-3-2-4-8(5-7)15-21(17,18)10-6-9(13)11(14)20-10/h2-6,15H,1H3. The summed E-state index contributed by atoms with van der Waals surface area (Å²) in [5, 5.41) is 0.172. The van der Waals surface area contributed by atoms with E-state index in [2.05, 4.69) is 9.46 Å². The van der Waals surface area contributed by atoms with Crippen LogP contribution in [0.15, 0.2) is 34.5 Å². The van der Waals surface area contributed by atoms with Crippen LogP contribution in [0.3, 0.4) is 0 Å². The summed E-state index contributed by atoms with van der Waals surface area (Å²) < 4.78 is 31.5. The first kappa shape index (κ1) is 16.1. The van der Waals surface area contributed by atoms with Crippen LogP contribution >= 0.6 is 34.5 Å². The lowest BCUT2D eigenvalue weighted by Crippen LogP contribution is -2.12. The molecule has 21 heavy (non-hydrogen) atoms. The molecule has 0 radical (unpaired) electrons. The van der Waals surface area contributed by atoms with Crippen molar-refractivity contribution < 1.29 is 17.9 Å². The van der Waals surface area contributed by atoms with Crippen molar-refractivity contribution in [3.05, 3.63) is 45.3 Å². The molecule has 0 amide bonds. The van der Waals surface area contributed by atoms with Gasteiger partial charge in [-0.1, -0.05) is 29.3 Å². The van der Waals surface area contributed by atoms with Crippen LogP contribution in [-0.4, -0.2) is 21.5 Å². The summed E-state index contributed by atoms with van der Waals surface area (Å²) in [5.74, 6) is -0.557. The molecule has 0 saturated heterocycles. The molecule has 9 heteroatoms. The first-order chi connectivity index (χ1) is 9.83. The average molecular weight is 366 g/mol. The summed E-state index contributed by atoms with van der Waals surface area (Å²) in [6.07, 6.45) is 0. The fourth-order valence-corrected chi connectivity index (χ4v) is 4.42. The van der Waals surface area contributed by atoms with E-state index in [-0.39, 0.29) is 24.8 Å². The number of hydrogen-bond donors (Lipinski definition) is 1. The lowest BCUT2D eigenvalue weighted by atomic mass is 10.2. The van der Waals surface area contributed by atoms with Gasteiger partial charge in [-0.25, -0.2) is 13.2 Å². The molecule has 0 fully saturated rings. The molecule has 0 spiro atoms. The Hall–Kier alpha value is -1.28. The molecule has 0 aliphatic heterocycles. The number of ether oxygens (including phenoxy) is 1. The predicted octanol–water partition coefficient (Wildman–Crippen LogP) is 3.64. The molecule has 0 aliphatic rings. The number of nitrogens with one attached hydrogen (secondary N) is 1. The van der Waals surface area contributed by atoms with Crippen molar-refractivity contribution in [3.63, 3.8) is 0 Å². The molecule has 1 aromatic carbocycles. The van der Waals surface area contributed by atoms with Crippen molar-refractivity contribution in [1.29, 1.82) is 0 Å². The van der Waals surface area contributed by atoms with Crippen LogP contribution in [0.25, 0.3) is 0 Å². The minimum absolute atomic E-state index is 0.0130. The number of esters is 1. The first-order valence-electron chi connectivity index (χ1n) is 5.49. The second kappa shape index (κ2) is 6.23. The number of benzene rings is 1. The van der Waals surface area contributed by atoms with E-state index in [1.807, 2.05) is 0 Å². The fourth-order valence-electron chi connectivity index (χ4n) is 1.49. The fraction of sp³-hybridized carbons (Fsp3) is 0.0833. The lowest BCUT2D eigenvalue weighted by molar-refractivity contribution is 0.0601. The van der Waals surface area contributed by atoms with Gasteiger partial charge in [-0.05, 0) is 24.3 Å². The number of carbonyl (C=O) groups is 1. The predicted molar refractivity (Wildman–Crippen MR) is 82.9 cm³/mol. The van der Waals surface area contributed by atoms with E-state index >= 15 is 0 Å². The number of anilines is 1. The van der Waals surface area contributed by atoms with Gasteiger partial charge in [0.05, 0.1) is 17.7 Å². The van der Waals surface area contributed by atoms with E-state index in [4.69, 9.17) is 23.2 Å². The Balaban J connectivity index is 2.30. The van der Waals surface area contributed by atoms with Crippen LogP contribution < -0.4 is 4.72 Å². The van der Waals surface area contributed by atoms with Gasteiger partial charge in [0.1, 0.15) is 8.55 Å². The second-order valence-corrected chi connectivity index (χ2v) is 7.84. The Kier molecular flexibility index (Phi) is 4.77. The van der Waals surface area contributed by atoms with Crippen molar-refractivity contribution >= 4 is 56.2 Å². The maximum absolute atomic E-state index is 12.2. The minimum Gasteiger partial charge on any atom is -0.465 e. The van der Waals surface area contributed by atoms with Crippen LogP contribution in [-0.2, 0) is 14.8 Å². The van der Waals surface area contributed by atoms with E-state index in [0.29, 0.717) is 0 Å². The molecule has 2 aromatic rings. The third-order valence-corrected chi connectivity index (χ3v) is 6.14. The highest BCUT2D eigenvalue weighted by Gasteiger charge is 2.19. The Bertz CT molecular complexity index is 767. The SMILES string of the molecule is COC(=O)c1cccc(NS(=O)(=O)c2cc(Cl)c(Cl)s2)c1. The number of sulfonamides is 1. The van der Waals surface area contributed by atoms with Crippen molar-refractivity contribution in [1.82, 2.24) is 0 Å². The smallest absolute Gasteiger partial charge is 0.337 e. The van der Waals surface area contributed by atoms with Crippen LogP contribution in [0.2, 0.25) is 9.36 Å². The maximum atomic E-state index is 12.2. The maximum Gasteiger partial charge on any atom is 0.337 e. The summed E-state index contributed by atoms with van der Waals surface area (Å²) in [6.45, 7) is 0. The lowest BCUT2D eigenvalue weighted by Gasteiger charge is -2.07. The molecule has 1 aromatic heterocycles. The largest absolute Gasteiger partial charge is 0.465 e. The number of halogens is 2. The van der Waals surface area contributed by atoms with Crippen LogP contribution in [0, 0.1) is 0 Å². The zero-order valence-corrected chi connectivity index (χ0v) is 13.7. The molecule has 1 heterocycles. The van der Waals surface area contributed by atoms with Crippen LogP contribution in [0.5, 0.6) is 0 Å². The summed E-state index contributed by atoms with van der Waals surface area (Å²) in [6, 6.07) is 7.21. The van der Waals surface area contributed by atoms with E-state index in [1.165, 1.54) is 31.4 Å². The van der Waals surface area contributed by atoms with Gasteiger partial charge in [0.25, 0.3) is 10.0 Å². The van der Waals surface area contributed by atoms with Crippen molar-refractivity contribution in [2.45, 2.75) is 4.21 Å². The van der Waals surface area contributed by atoms with Gasteiger partial charge in [0, 0.05) is 5.69 Å². The zero-order chi connectivity index (χ0) is 15.6. The van der Waals surface area contributed by atoms with Gasteiger partial charge in [0.15, 0.2) is 0 Å². The second-order valence-electron chi connectivity index (χ2n) is 3.86. The molecular weight excluding hydrogens is 357 g/mol. The first-order valence-corrected chi connectivity index (χ1v) is 8.55. The van der Waals surface area contributed by atoms with Crippen LogP contribution in [0.4, 0.5) is 5.69 Å². The number of methoxy groups -OCH3 is 1. The van der Waals surface area contributed by atoms with Gasteiger partial charge in [-0.2, -0.15) is 0 Å². The monoisotopic (exact) mass is 365 g/mol. The quantitative estimate of drug-likeness (QED) is 0.839. The van der Waals surface area contributed by atoms with Crippen molar-refractivity contribution in [2.75, 3.05) is 11.8 Å². The van der Waals surface area contributed by atoms with Gasteiger partial charge < -0.3 is 4.74 Å². The van der Waals surface area contributed by atoms with Gasteiger partial charge >= 0.3 is 5.97 Å². The molecule has 0 bridgehead atoms. The summed E-state index contributed by atoms with van der Waals surface area (Å²) in [4.78, 5) is 11.4. The van der Waals surface area contributed by atoms with Crippen molar-refractivity contribution in [2.24, 2.45) is 0 Å². The molecule has 5 nitrogen and oxygen atoms in total. The highest BCUT2D eigenvalue weighted by molar-refractivity contribution is 7.94. The van der Waals surface area contributed by atoms with E-state index in [9.17, 15) is 13.2 Å². The normalized spacial score (nSPS) is 11.2. The molecule has 2 rings (SSSR count). The van der Waals surface area contributed by atoms with Gasteiger partial charge in [0.2, 0.25) is 0 Å². The Morgan fingerprint density at radius 3 is 2.57 bits per heavy atom. The number of rotatable bonds is 4. The zero-order valence-electron chi connectivity index (χ0n) is 10.6. The highest BCUT2D eigenvalue weighted by Crippen LogP contribution is 2.35. The molecular formula is C12H9Cl2NO4S2. The topological polar surface area (TPSA) is 72.5 Å². The molecule has 0 unspecified atom stereocenters. The van der Waals surface area contributed by atoms with Crippen LogP contribution in [0.1, 0.15) is 10.4 Å². The Morgan fingerprint density at radius 1 is 1.29 bits per heavy atom. The summed E-state index contributed by atoms with van der Waals surface area (Å²) in [7, 11) is -2.57. The molecule has 112 valence electrons. The molecule has 0 atom stereocenters. The molecule has 0 saturated carbocycles. The molecule has 1 N–H and O–H groups in total. The number of carbonyl (C=O) groups excluding carboxylic acids is 1. The Labute approximate surface area is 135 Å². The highest BCUT2D eigenvalue weighted by atomic mass is 35.5. The summed E-state index contributed by atoms with van der Waals surface area (Å²) >= 11 is 12.4. The summed E-state index contributed by atoms with van der Waals surface area (Å²) in [5.41, 5.74) is 0.471. The van der Waals surface area contributed by atoms with Gasteiger partial charge in [-0.3, -0.25) is 4.72 Å². The number of hydrogen-bond acceptors (Lipinski definition) is 5. The van der Waals surface area contributed by atoms with E-state index in [0.717, 1.165) is 11.3 Å². The third-order valence-electron chi connectivity index (χ3n) is 2.42. The molecule has 0 aliphatic carbocycles. The van der Waals surface area contributed by atoms with Gasteiger partial charge in [-0.15, -0.1) is 11.3 Å².